The van der Waals surface area contributed by atoms with Crippen LogP contribution in [0.1, 0.15) is 38.6 Å². The van der Waals surface area contributed by atoms with Crippen molar-refractivity contribution in [2.24, 2.45) is 0 Å². The Kier molecular flexibility index (Phi) is 4.16. The van der Waals surface area contributed by atoms with Crippen LogP contribution in [0.3, 0.4) is 0 Å². The number of carbonyl (C=O) groups is 1. The Balaban J connectivity index is 2.52. The standard InChI is InChI=1S/C10H16N2O2/c1-2-3-4-5-9(10(13)14)12-7-6-11-8-12/h6-9H,2-5H2,1H3,(H,13,14). The lowest BCUT2D eigenvalue weighted by molar-refractivity contribution is -0.141. The van der Waals surface area contributed by atoms with Gasteiger partial charge in [-0.2, -0.15) is 0 Å². The van der Waals surface area contributed by atoms with E-state index in [9.17, 15) is 4.79 Å². The predicted octanol–water partition coefficient (Wildman–Crippen LogP) is 2.09. The van der Waals surface area contributed by atoms with Gasteiger partial charge < -0.3 is 9.67 Å². The third-order valence-corrected chi connectivity index (χ3v) is 2.25. The number of aliphatic carboxylic acids is 1. The molecule has 1 heterocycles. The number of carboxylic acids is 1. The topological polar surface area (TPSA) is 55.1 Å². The minimum atomic E-state index is -0.779. The second kappa shape index (κ2) is 5.42. The summed E-state index contributed by atoms with van der Waals surface area (Å²) in [6.45, 7) is 2.10. The van der Waals surface area contributed by atoms with Crippen LogP contribution in [-0.4, -0.2) is 20.6 Å². The number of aromatic nitrogens is 2. The van der Waals surface area contributed by atoms with Gasteiger partial charge in [-0.1, -0.05) is 26.2 Å². The second-order valence-electron chi connectivity index (χ2n) is 3.36. The van der Waals surface area contributed by atoms with E-state index in [0.29, 0.717) is 6.42 Å². The lowest BCUT2D eigenvalue weighted by atomic mass is 10.1. The van der Waals surface area contributed by atoms with E-state index in [0.717, 1.165) is 19.3 Å². The number of unbranched alkanes of at least 4 members (excludes halogenated alkanes) is 2. The fourth-order valence-electron chi connectivity index (χ4n) is 1.44. The molecule has 0 bridgehead atoms. The molecule has 1 unspecified atom stereocenters. The van der Waals surface area contributed by atoms with Crippen LogP contribution in [0.25, 0.3) is 0 Å². The fraction of sp³-hybridized carbons (Fsp3) is 0.600. The Hall–Kier alpha value is -1.32. The Morgan fingerprint density at radius 2 is 2.36 bits per heavy atom. The van der Waals surface area contributed by atoms with Crippen molar-refractivity contribution in [1.82, 2.24) is 9.55 Å². The van der Waals surface area contributed by atoms with Crippen molar-refractivity contribution >= 4 is 5.97 Å². The summed E-state index contributed by atoms with van der Waals surface area (Å²) in [4.78, 5) is 14.8. The summed E-state index contributed by atoms with van der Waals surface area (Å²) in [6.07, 6.45) is 8.69. The number of nitrogens with zero attached hydrogens (tertiary/aromatic N) is 2. The number of carboxylic acid groups (broad SMARTS) is 1. The molecule has 0 saturated heterocycles. The van der Waals surface area contributed by atoms with Gasteiger partial charge in [-0.05, 0) is 6.42 Å². The van der Waals surface area contributed by atoms with Gasteiger partial charge in [0.2, 0.25) is 0 Å². The zero-order chi connectivity index (χ0) is 10.4. The molecule has 1 aromatic heterocycles. The van der Waals surface area contributed by atoms with Gasteiger partial charge in [0, 0.05) is 12.4 Å². The van der Waals surface area contributed by atoms with E-state index in [1.807, 2.05) is 0 Å². The third kappa shape index (κ3) is 2.87. The summed E-state index contributed by atoms with van der Waals surface area (Å²) in [5.41, 5.74) is 0. The summed E-state index contributed by atoms with van der Waals surface area (Å²) in [6, 6.07) is -0.455. The maximum atomic E-state index is 10.9. The van der Waals surface area contributed by atoms with Gasteiger partial charge in [0.1, 0.15) is 6.04 Å². The lowest BCUT2D eigenvalue weighted by Gasteiger charge is -2.12. The molecule has 1 rings (SSSR count). The zero-order valence-electron chi connectivity index (χ0n) is 8.39. The van der Waals surface area contributed by atoms with Gasteiger partial charge in [-0.3, -0.25) is 0 Å². The van der Waals surface area contributed by atoms with E-state index >= 15 is 0 Å². The molecular weight excluding hydrogens is 180 g/mol. The molecule has 0 aliphatic carbocycles. The van der Waals surface area contributed by atoms with Crippen molar-refractivity contribution in [3.05, 3.63) is 18.7 Å². The van der Waals surface area contributed by atoms with Crippen molar-refractivity contribution in [1.29, 1.82) is 0 Å². The highest BCUT2D eigenvalue weighted by molar-refractivity contribution is 5.71. The minimum Gasteiger partial charge on any atom is -0.480 e. The van der Waals surface area contributed by atoms with E-state index in [1.165, 1.54) is 0 Å². The average molecular weight is 196 g/mol. The van der Waals surface area contributed by atoms with Crippen LogP contribution in [0.4, 0.5) is 0 Å². The van der Waals surface area contributed by atoms with Crippen LogP contribution in [0.2, 0.25) is 0 Å². The molecule has 0 fully saturated rings. The molecule has 14 heavy (non-hydrogen) atoms. The highest BCUT2D eigenvalue weighted by atomic mass is 16.4. The molecule has 0 radical (unpaired) electrons. The van der Waals surface area contributed by atoms with Crippen LogP contribution in [0, 0.1) is 0 Å². The Morgan fingerprint density at radius 1 is 1.57 bits per heavy atom. The first-order chi connectivity index (χ1) is 6.75. The maximum Gasteiger partial charge on any atom is 0.326 e. The first kappa shape index (κ1) is 10.8. The molecule has 0 aliphatic heterocycles. The molecule has 0 amide bonds. The van der Waals surface area contributed by atoms with Gasteiger partial charge >= 0.3 is 5.97 Å². The Labute approximate surface area is 83.6 Å². The van der Waals surface area contributed by atoms with Crippen LogP contribution in [0.5, 0.6) is 0 Å². The van der Waals surface area contributed by atoms with Crippen LogP contribution < -0.4 is 0 Å². The highest BCUT2D eigenvalue weighted by Gasteiger charge is 2.17. The number of hydrogen-bond acceptors (Lipinski definition) is 2. The summed E-state index contributed by atoms with van der Waals surface area (Å²) in [5, 5.41) is 9.00. The molecule has 1 N–H and O–H groups in total. The quantitative estimate of drug-likeness (QED) is 0.709. The van der Waals surface area contributed by atoms with Crippen LogP contribution in [0.15, 0.2) is 18.7 Å². The van der Waals surface area contributed by atoms with Crippen molar-refractivity contribution in [3.63, 3.8) is 0 Å². The van der Waals surface area contributed by atoms with E-state index in [1.54, 1.807) is 23.3 Å². The molecule has 1 aromatic rings. The molecule has 78 valence electrons. The van der Waals surface area contributed by atoms with E-state index in [2.05, 4.69) is 11.9 Å². The molecule has 0 aromatic carbocycles. The van der Waals surface area contributed by atoms with Gasteiger partial charge in [0.05, 0.1) is 6.33 Å². The number of rotatable bonds is 6. The number of imidazole rings is 1. The smallest absolute Gasteiger partial charge is 0.326 e. The van der Waals surface area contributed by atoms with Crippen molar-refractivity contribution in [2.45, 2.75) is 38.6 Å². The molecule has 1 atom stereocenters. The highest BCUT2D eigenvalue weighted by Crippen LogP contribution is 2.15. The fourth-order valence-corrected chi connectivity index (χ4v) is 1.44. The molecule has 4 nitrogen and oxygen atoms in total. The molecule has 0 spiro atoms. The SMILES string of the molecule is CCCCCC(C(=O)O)n1ccnc1. The van der Waals surface area contributed by atoms with E-state index in [4.69, 9.17) is 5.11 Å². The normalized spacial score (nSPS) is 12.6. The van der Waals surface area contributed by atoms with Gasteiger partial charge in [0.15, 0.2) is 0 Å². The van der Waals surface area contributed by atoms with Gasteiger partial charge in [-0.15, -0.1) is 0 Å². The first-order valence-electron chi connectivity index (χ1n) is 4.96. The maximum absolute atomic E-state index is 10.9. The van der Waals surface area contributed by atoms with Crippen molar-refractivity contribution in [3.8, 4) is 0 Å². The van der Waals surface area contributed by atoms with Gasteiger partial charge in [0.25, 0.3) is 0 Å². The summed E-state index contributed by atoms with van der Waals surface area (Å²) >= 11 is 0. The monoisotopic (exact) mass is 196 g/mol. The lowest BCUT2D eigenvalue weighted by Crippen LogP contribution is -2.17. The molecule has 4 heteroatoms. The average Bonchev–Trinajstić information content (AvgIpc) is 2.64. The minimum absolute atomic E-state index is 0.455. The summed E-state index contributed by atoms with van der Waals surface area (Å²) in [5.74, 6) is -0.779. The third-order valence-electron chi connectivity index (χ3n) is 2.25. The Morgan fingerprint density at radius 3 is 2.86 bits per heavy atom. The Bertz CT molecular complexity index is 270. The number of hydrogen-bond donors (Lipinski definition) is 1. The summed E-state index contributed by atoms with van der Waals surface area (Å²) in [7, 11) is 0. The molecule has 0 saturated carbocycles. The van der Waals surface area contributed by atoms with Gasteiger partial charge in [-0.25, -0.2) is 9.78 Å². The first-order valence-corrected chi connectivity index (χ1v) is 4.96. The van der Waals surface area contributed by atoms with Crippen LogP contribution >= 0.6 is 0 Å². The van der Waals surface area contributed by atoms with Crippen molar-refractivity contribution < 1.29 is 9.90 Å². The summed E-state index contributed by atoms with van der Waals surface area (Å²) < 4.78 is 1.65. The van der Waals surface area contributed by atoms with E-state index in [-0.39, 0.29) is 0 Å². The molecule has 0 aliphatic rings. The van der Waals surface area contributed by atoms with Crippen LogP contribution in [-0.2, 0) is 4.79 Å². The predicted molar refractivity (Wildman–Crippen MR) is 53.0 cm³/mol. The van der Waals surface area contributed by atoms with Crippen molar-refractivity contribution in [2.75, 3.05) is 0 Å². The zero-order valence-corrected chi connectivity index (χ0v) is 8.39. The molecular formula is C10H16N2O2. The largest absolute Gasteiger partial charge is 0.480 e. The van der Waals surface area contributed by atoms with E-state index < -0.39 is 12.0 Å². The second-order valence-corrected chi connectivity index (χ2v) is 3.36.